The number of fused-ring (bicyclic) bond motifs is 2. The Bertz CT molecular complexity index is 1320. The molecule has 0 aliphatic heterocycles. The number of pyridine rings is 1. The van der Waals surface area contributed by atoms with Crippen LogP contribution in [0.4, 0.5) is 4.39 Å². The standard InChI is InChI=1S/C23H23FN4O3/c1-11(2)21-19(12-6-13(7-12)23(29)30)20-17(8-14-10-25-27-22(14)26-20)28(21)15-4-5-16(24)18(9-15)31-3/h4-5,8-13H,6-7H2,1-3H3,(H,29,30)(H,25,26,27)/t12-,13-. The first-order chi connectivity index (χ1) is 14.9. The highest BCUT2D eigenvalue weighted by Crippen LogP contribution is 2.48. The number of rotatable bonds is 5. The van der Waals surface area contributed by atoms with Crippen LogP contribution in [-0.2, 0) is 4.79 Å². The van der Waals surface area contributed by atoms with Gasteiger partial charge in [0.2, 0.25) is 0 Å². The molecule has 8 heteroatoms. The molecule has 3 aromatic heterocycles. The molecule has 1 aliphatic carbocycles. The maximum Gasteiger partial charge on any atom is 0.306 e. The van der Waals surface area contributed by atoms with Gasteiger partial charge in [-0.05, 0) is 42.9 Å². The first kappa shape index (κ1) is 19.5. The molecule has 31 heavy (non-hydrogen) atoms. The molecule has 2 N–H and O–H groups in total. The van der Waals surface area contributed by atoms with E-state index in [0.717, 1.165) is 33.4 Å². The lowest BCUT2D eigenvalue weighted by Crippen LogP contribution is -2.29. The number of carboxylic acids is 1. The summed E-state index contributed by atoms with van der Waals surface area (Å²) in [6.45, 7) is 4.21. The number of methoxy groups -OCH3 is 1. The highest BCUT2D eigenvalue weighted by atomic mass is 19.1. The van der Waals surface area contributed by atoms with Crippen LogP contribution in [0.25, 0.3) is 27.8 Å². The van der Waals surface area contributed by atoms with Gasteiger partial charge in [0.25, 0.3) is 0 Å². The van der Waals surface area contributed by atoms with Gasteiger partial charge in [-0.25, -0.2) is 9.37 Å². The number of H-pyrrole nitrogens is 1. The topological polar surface area (TPSA) is 93.0 Å². The summed E-state index contributed by atoms with van der Waals surface area (Å²) in [5, 5.41) is 17.3. The normalized spacial score (nSPS) is 18.6. The number of benzene rings is 1. The van der Waals surface area contributed by atoms with E-state index in [0.29, 0.717) is 18.5 Å². The summed E-state index contributed by atoms with van der Waals surface area (Å²) in [6.07, 6.45) is 2.90. The fourth-order valence-corrected chi connectivity index (χ4v) is 4.70. The third kappa shape index (κ3) is 2.97. The number of nitrogens with zero attached hydrogens (tertiary/aromatic N) is 3. The summed E-state index contributed by atoms with van der Waals surface area (Å²) in [6, 6.07) is 6.84. The number of nitrogens with one attached hydrogen (secondary N) is 1. The van der Waals surface area contributed by atoms with E-state index in [4.69, 9.17) is 9.72 Å². The third-order valence-electron chi connectivity index (χ3n) is 6.25. The highest BCUT2D eigenvalue weighted by molar-refractivity contribution is 5.94. The molecule has 4 aromatic rings. The van der Waals surface area contributed by atoms with Gasteiger partial charge in [-0.1, -0.05) is 13.8 Å². The molecule has 1 fully saturated rings. The van der Waals surface area contributed by atoms with Crippen LogP contribution in [0, 0.1) is 11.7 Å². The van der Waals surface area contributed by atoms with Gasteiger partial charge in [-0.15, -0.1) is 0 Å². The van der Waals surface area contributed by atoms with E-state index in [1.165, 1.54) is 13.2 Å². The van der Waals surface area contributed by atoms with Crippen molar-refractivity contribution in [3.8, 4) is 11.4 Å². The monoisotopic (exact) mass is 422 g/mol. The number of aliphatic carboxylic acids is 1. The lowest BCUT2D eigenvalue weighted by Gasteiger charge is -2.33. The van der Waals surface area contributed by atoms with Gasteiger partial charge in [0, 0.05) is 28.4 Å². The molecule has 0 unspecified atom stereocenters. The molecule has 5 rings (SSSR count). The van der Waals surface area contributed by atoms with E-state index in [2.05, 4.69) is 28.6 Å². The van der Waals surface area contributed by atoms with Gasteiger partial charge in [0.15, 0.2) is 17.2 Å². The fraction of sp³-hybridized carbons (Fsp3) is 0.348. The summed E-state index contributed by atoms with van der Waals surface area (Å²) < 4.78 is 21.4. The van der Waals surface area contributed by atoms with Crippen molar-refractivity contribution in [2.45, 2.75) is 38.5 Å². The Kier molecular flexibility index (Phi) is 4.46. The van der Waals surface area contributed by atoms with E-state index in [1.54, 1.807) is 18.3 Å². The Hall–Kier alpha value is -3.42. The minimum atomic E-state index is -0.752. The van der Waals surface area contributed by atoms with Crippen LogP contribution in [0.15, 0.2) is 30.5 Å². The summed E-state index contributed by atoms with van der Waals surface area (Å²) in [5.74, 6) is -1.09. The van der Waals surface area contributed by atoms with Crippen molar-refractivity contribution in [3.63, 3.8) is 0 Å². The molecule has 0 atom stereocenters. The van der Waals surface area contributed by atoms with E-state index >= 15 is 0 Å². The number of hydrogen-bond donors (Lipinski definition) is 2. The van der Waals surface area contributed by atoms with E-state index < -0.39 is 11.8 Å². The number of hydrogen-bond acceptors (Lipinski definition) is 4. The van der Waals surface area contributed by atoms with Crippen LogP contribution in [-0.4, -0.2) is 37.9 Å². The van der Waals surface area contributed by atoms with E-state index in [9.17, 15) is 14.3 Å². The molecule has 0 amide bonds. The summed E-state index contributed by atoms with van der Waals surface area (Å²) in [5.41, 5.74) is 5.31. The molecule has 160 valence electrons. The van der Waals surface area contributed by atoms with Crippen molar-refractivity contribution in [2.75, 3.05) is 7.11 Å². The fourth-order valence-electron chi connectivity index (χ4n) is 4.70. The Labute approximate surface area is 177 Å². The van der Waals surface area contributed by atoms with Crippen LogP contribution < -0.4 is 4.74 Å². The number of ether oxygens (including phenoxy) is 1. The molecular weight excluding hydrogens is 399 g/mol. The summed E-state index contributed by atoms with van der Waals surface area (Å²) in [7, 11) is 1.45. The van der Waals surface area contributed by atoms with Gasteiger partial charge in [0.1, 0.15) is 0 Å². The Morgan fingerprint density at radius 3 is 2.77 bits per heavy atom. The summed E-state index contributed by atoms with van der Waals surface area (Å²) in [4.78, 5) is 16.3. The zero-order valence-electron chi connectivity index (χ0n) is 17.5. The summed E-state index contributed by atoms with van der Waals surface area (Å²) >= 11 is 0. The second-order valence-corrected chi connectivity index (χ2v) is 8.48. The predicted molar refractivity (Wildman–Crippen MR) is 114 cm³/mol. The molecule has 0 bridgehead atoms. The van der Waals surface area contributed by atoms with Gasteiger partial charge in [-0.2, -0.15) is 5.10 Å². The van der Waals surface area contributed by atoms with Crippen molar-refractivity contribution in [1.82, 2.24) is 19.7 Å². The quantitative estimate of drug-likeness (QED) is 0.484. The minimum Gasteiger partial charge on any atom is -0.494 e. The zero-order chi connectivity index (χ0) is 21.9. The Morgan fingerprint density at radius 2 is 2.10 bits per heavy atom. The molecule has 0 saturated heterocycles. The van der Waals surface area contributed by atoms with Gasteiger partial charge in [-0.3, -0.25) is 9.89 Å². The van der Waals surface area contributed by atoms with Crippen LogP contribution in [0.5, 0.6) is 5.75 Å². The molecule has 7 nitrogen and oxygen atoms in total. The smallest absolute Gasteiger partial charge is 0.306 e. The number of carboxylic acid groups (broad SMARTS) is 1. The molecule has 1 saturated carbocycles. The number of aromatic nitrogens is 4. The minimum absolute atomic E-state index is 0.109. The van der Waals surface area contributed by atoms with Crippen molar-refractivity contribution < 1.29 is 19.0 Å². The van der Waals surface area contributed by atoms with Crippen LogP contribution >= 0.6 is 0 Å². The third-order valence-corrected chi connectivity index (χ3v) is 6.25. The number of aromatic amines is 1. The van der Waals surface area contributed by atoms with Gasteiger partial charge >= 0.3 is 5.97 Å². The average Bonchev–Trinajstić information content (AvgIpc) is 3.27. The van der Waals surface area contributed by atoms with Crippen molar-refractivity contribution >= 4 is 28.0 Å². The highest BCUT2D eigenvalue weighted by Gasteiger charge is 2.39. The van der Waals surface area contributed by atoms with Crippen LogP contribution in [0.2, 0.25) is 0 Å². The van der Waals surface area contributed by atoms with Crippen LogP contribution in [0.3, 0.4) is 0 Å². The maximum atomic E-state index is 14.1. The molecule has 0 spiro atoms. The number of halogens is 1. The average molecular weight is 422 g/mol. The number of carbonyl (C=O) groups is 1. The van der Waals surface area contributed by atoms with Crippen LogP contribution in [0.1, 0.15) is 49.8 Å². The molecule has 3 heterocycles. The van der Waals surface area contributed by atoms with E-state index in [-0.39, 0.29) is 23.5 Å². The van der Waals surface area contributed by atoms with E-state index in [1.807, 2.05) is 6.07 Å². The second-order valence-electron chi connectivity index (χ2n) is 8.48. The Morgan fingerprint density at radius 1 is 1.32 bits per heavy atom. The lowest BCUT2D eigenvalue weighted by molar-refractivity contribution is -0.145. The predicted octanol–water partition coefficient (Wildman–Crippen LogP) is 4.75. The van der Waals surface area contributed by atoms with Crippen molar-refractivity contribution in [1.29, 1.82) is 0 Å². The zero-order valence-corrected chi connectivity index (χ0v) is 17.5. The van der Waals surface area contributed by atoms with Crippen molar-refractivity contribution in [3.05, 3.63) is 47.5 Å². The molecule has 1 aromatic carbocycles. The lowest BCUT2D eigenvalue weighted by atomic mass is 9.70. The first-order valence-electron chi connectivity index (χ1n) is 10.3. The second kappa shape index (κ2) is 7.08. The molecule has 1 aliphatic rings. The molecule has 0 radical (unpaired) electrons. The van der Waals surface area contributed by atoms with Gasteiger partial charge in [0.05, 0.1) is 30.3 Å². The first-order valence-corrected chi connectivity index (χ1v) is 10.3. The SMILES string of the molecule is COc1cc(-n2c(C(C)C)c([C@H]3C[C@H](C(=O)O)C3)c3nc4[nH]ncc4cc32)ccc1F. The largest absolute Gasteiger partial charge is 0.494 e. The molecular formula is C23H23FN4O3. The van der Waals surface area contributed by atoms with Gasteiger partial charge < -0.3 is 14.4 Å². The Balaban J connectivity index is 1.81. The van der Waals surface area contributed by atoms with Crippen molar-refractivity contribution in [2.24, 2.45) is 5.92 Å². The maximum absolute atomic E-state index is 14.1.